The molecule has 3 heterocycles. The van der Waals surface area contributed by atoms with Crippen LogP contribution in [0.2, 0.25) is 0 Å². The summed E-state index contributed by atoms with van der Waals surface area (Å²) in [7, 11) is 0. The Morgan fingerprint density at radius 3 is 3.05 bits per heavy atom. The van der Waals surface area contributed by atoms with E-state index >= 15 is 0 Å². The SMILES string of the molecule is CCCNCC1CCCc2sc(C3CC4CCC3O4)nc21. The van der Waals surface area contributed by atoms with E-state index in [0.717, 1.165) is 13.1 Å². The minimum absolute atomic E-state index is 0.472. The van der Waals surface area contributed by atoms with Crippen molar-refractivity contribution >= 4 is 11.3 Å². The van der Waals surface area contributed by atoms with Crippen molar-refractivity contribution in [3.05, 3.63) is 15.6 Å². The van der Waals surface area contributed by atoms with Crippen LogP contribution in [0.1, 0.15) is 72.9 Å². The van der Waals surface area contributed by atoms with Crippen LogP contribution in [0, 0.1) is 0 Å². The third-order valence-electron chi connectivity index (χ3n) is 5.33. The Balaban J connectivity index is 1.51. The van der Waals surface area contributed by atoms with Crippen LogP contribution in [0.15, 0.2) is 0 Å². The fourth-order valence-corrected chi connectivity index (χ4v) is 5.59. The third-order valence-corrected chi connectivity index (χ3v) is 6.59. The molecule has 4 heteroatoms. The van der Waals surface area contributed by atoms with E-state index in [1.807, 2.05) is 11.3 Å². The lowest BCUT2D eigenvalue weighted by Crippen LogP contribution is -2.25. The summed E-state index contributed by atoms with van der Waals surface area (Å²) < 4.78 is 6.03. The van der Waals surface area contributed by atoms with Crippen molar-refractivity contribution in [1.82, 2.24) is 10.3 Å². The molecule has 2 bridgehead atoms. The molecule has 3 aliphatic rings. The van der Waals surface area contributed by atoms with Crippen molar-refractivity contribution < 1.29 is 4.74 Å². The molecule has 4 unspecified atom stereocenters. The number of nitrogens with zero attached hydrogens (tertiary/aromatic N) is 1. The molecule has 21 heavy (non-hydrogen) atoms. The van der Waals surface area contributed by atoms with E-state index in [2.05, 4.69) is 12.2 Å². The van der Waals surface area contributed by atoms with Gasteiger partial charge in [-0.25, -0.2) is 4.98 Å². The molecule has 0 radical (unpaired) electrons. The van der Waals surface area contributed by atoms with Crippen molar-refractivity contribution in [3.63, 3.8) is 0 Å². The van der Waals surface area contributed by atoms with Gasteiger partial charge in [0.15, 0.2) is 0 Å². The second kappa shape index (κ2) is 5.98. The first-order chi connectivity index (χ1) is 10.3. The van der Waals surface area contributed by atoms with E-state index in [4.69, 9.17) is 9.72 Å². The molecule has 0 spiro atoms. The van der Waals surface area contributed by atoms with Gasteiger partial charge in [0, 0.05) is 23.3 Å². The molecule has 2 aliphatic heterocycles. The van der Waals surface area contributed by atoms with Gasteiger partial charge in [0.2, 0.25) is 0 Å². The van der Waals surface area contributed by atoms with Crippen LogP contribution in [0.4, 0.5) is 0 Å². The van der Waals surface area contributed by atoms with Crippen LogP contribution in [0.3, 0.4) is 0 Å². The van der Waals surface area contributed by atoms with Gasteiger partial charge in [-0.2, -0.15) is 0 Å². The zero-order valence-corrected chi connectivity index (χ0v) is 13.8. The Morgan fingerprint density at radius 1 is 1.33 bits per heavy atom. The van der Waals surface area contributed by atoms with Gasteiger partial charge in [0.25, 0.3) is 0 Å². The molecule has 1 aromatic heterocycles. The monoisotopic (exact) mass is 306 g/mol. The van der Waals surface area contributed by atoms with Gasteiger partial charge in [-0.15, -0.1) is 11.3 Å². The Morgan fingerprint density at radius 2 is 2.29 bits per heavy atom. The highest BCUT2D eigenvalue weighted by Gasteiger charge is 2.43. The van der Waals surface area contributed by atoms with Gasteiger partial charge < -0.3 is 10.1 Å². The lowest BCUT2D eigenvalue weighted by Gasteiger charge is -2.21. The van der Waals surface area contributed by atoms with Crippen molar-refractivity contribution in [2.75, 3.05) is 13.1 Å². The standard InChI is InChI=1S/C17H26N2OS/c1-2-8-18-10-11-4-3-5-15-16(11)19-17(21-15)13-9-12-6-7-14(13)20-12/h11-14,18H,2-10H2,1H3. The lowest BCUT2D eigenvalue weighted by atomic mass is 9.89. The summed E-state index contributed by atoms with van der Waals surface area (Å²) in [6.45, 7) is 4.47. The number of rotatable bonds is 5. The molecule has 1 aromatic rings. The van der Waals surface area contributed by atoms with Gasteiger partial charge in [0.1, 0.15) is 0 Å². The van der Waals surface area contributed by atoms with Gasteiger partial charge in [-0.05, 0) is 51.5 Å². The second-order valence-electron chi connectivity index (χ2n) is 6.87. The maximum absolute atomic E-state index is 6.03. The van der Waals surface area contributed by atoms with Crippen LogP contribution in [0.5, 0.6) is 0 Å². The highest BCUT2D eigenvalue weighted by Crippen LogP contribution is 2.47. The number of aromatic nitrogens is 1. The first-order valence-electron chi connectivity index (χ1n) is 8.70. The number of thiazole rings is 1. The van der Waals surface area contributed by atoms with Crippen LogP contribution in [-0.2, 0) is 11.2 Å². The zero-order valence-electron chi connectivity index (χ0n) is 12.9. The van der Waals surface area contributed by atoms with Gasteiger partial charge in [-0.1, -0.05) is 6.92 Å². The number of hydrogen-bond donors (Lipinski definition) is 1. The zero-order chi connectivity index (χ0) is 14.2. The predicted molar refractivity (Wildman–Crippen MR) is 86.2 cm³/mol. The van der Waals surface area contributed by atoms with Crippen LogP contribution < -0.4 is 5.32 Å². The van der Waals surface area contributed by atoms with E-state index in [-0.39, 0.29) is 0 Å². The first-order valence-corrected chi connectivity index (χ1v) is 9.52. The van der Waals surface area contributed by atoms with Gasteiger partial charge in [-0.3, -0.25) is 0 Å². The molecule has 1 aliphatic carbocycles. The molecule has 3 nitrogen and oxygen atoms in total. The Labute approximate surface area is 131 Å². The van der Waals surface area contributed by atoms with E-state index in [1.165, 1.54) is 55.6 Å². The Bertz CT molecular complexity index is 501. The molecule has 4 rings (SSSR count). The molecule has 0 saturated carbocycles. The summed E-state index contributed by atoms with van der Waals surface area (Å²) in [5, 5.41) is 4.98. The van der Waals surface area contributed by atoms with Crippen molar-refractivity contribution in [2.45, 2.75) is 75.9 Å². The molecule has 2 saturated heterocycles. The molecule has 1 N–H and O–H groups in total. The van der Waals surface area contributed by atoms with Crippen LogP contribution in [0.25, 0.3) is 0 Å². The van der Waals surface area contributed by atoms with E-state index < -0.39 is 0 Å². The largest absolute Gasteiger partial charge is 0.374 e. The molecule has 116 valence electrons. The van der Waals surface area contributed by atoms with Gasteiger partial charge in [0.05, 0.1) is 22.9 Å². The number of hydrogen-bond acceptors (Lipinski definition) is 4. The van der Waals surface area contributed by atoms with Crippen LogP contribution >= 0.6 is 11.3 Å². The molecule has 2 fully saturated rings. The second-order valence-corrected chi connectivity index (χ2v) is 7.99. The van der Waals surface area contributed by atoms with E-state index in [9.17, 15) is 0 Å². The topological polar surface area (TPSA) is 34.1 Å². The third kappa shape index (κ3) is 2.66. The summed E-state index contributed by atoms with van der Waals surface area (Å²) in [5.74, 6) is 1.24. The van der Waals surface area contributed by atoms with Gasteiger partial charge >= 0.3 is 0 Å². The summed E-state index contributed by atoms with van der Waals surface area (Å²) in [5.41, 5.74) is 1.42. The number of ether oxygens (including phenoxy) is 1. The van der Waals surface area contributed by atoms with Crippen molar-refractivity contribution in [1.29, 1.82) is 0 Å². The van der Waals surface area contributed by atoms with E-state index in [1.54, 1.807) is 4.88 Å². The fourth-order valence-electron chi connectivity index (χ4n) is 4.23. The summed E-state index contributed by atoms with van der Waals surface area (Å²) in [4.78, 5) is 6.68. The predicted octanol–water partition coefficient (Wildman–Crippen LogP) is 3.60. The Hall–Kier alpha value is -0.450. The van der Waals surface area contributed by atoms with Crippen molar-refractivity contribution in [3.8, 4) is 0 Å². The molecular weight excluding hydrogens is 280 g/mol. The minimum Gasteiger partial charge on any atom is -0.374 e. The summed E-state index contributed by atoms with van der Waals surface area (Å²) >= 11 is 2.00. The average molecular weight is 306 g/mol. The normalized spacial score (nSPS) is 34.3. The number of fused-ring (bicyclic) bond motifs is 3. The fraction of sp³-hybridized carbons (Fsp3) is 0.824. The van der Waals surface area contributed by atoms with E-state index in [0.29, 0.717) is 24.0 Å². The van der Waals surface area contributed by atoms with Crippen LogP contribution in [-0.4, -0.2) is 30.3 Å². The minimum atomic E-state index is 0.472. The highest BCUT2D eigenvalue weighted by molar-refractivity contribution is 7.11. The number of nitrogens with one attached hydrogen (secondary N) is 1. The Kier molecular flexibility index (Phi) is 4.03. The molecule has 0 aromatic carbocycles. The smallest absolute Gasteiger partial charge is 0.0989 e. The summed E-state index contributed by atoms with van der Waals surface area (Å²) in [6, 6.07) is 0. The highest BCUT2D eigenvalue weighted by atomic mass is 32.1. The summed E-state index contributed by atoms with van der Waals surface area (Å²) in [6.07, 6.45) is 9.85. The molecular formula is C17H26N2OS. The average Bonchev–Trinajstić information content (AvgIpc) is 3.21. The van der Waals surface area contributed by atoms with Crippen molar-refractivity contribution in [2.24, 2.45) is 0 Å². The molecule has 4 atom stereocenters. The first kappa shape index (κ1) is 14.2. The number of aryl methyl sites for hydroxylation is 1. The molecule has 0 amide bonds. The maximum Gasteiger partial charge on any atom is 0.0989 e. The quantitative estimate of drug-likeness (QED) is 0.844. The maximum atomic E-state index is 6.03. The lowest BCUT2D eigenvalue weighted by molar-refractivity contribution is 0.100.